The standard InChI is InChI=1S/C13H8F2N4OS/c1-20-6-11-18-19-10(5-16)12(17-13(19)21-11)8-4-7(14)2-3-9(8)15/h2-4H,6H2,1H3. The second kappa shape index (κ2) is 5.20. The molecule has 0 aliphatic carbocycles. The molecule has 0 aliphatic rings. The first kappa shape index (κ1) is 13.6. The average molecular weight is 306 g/mol. The highest BCUT2D eigenvalue weighted by Gasteiger charge is 2.20. The van der Waals surface area contributed by atoms with E-state index in [4.69, 9.17) is 4.74 Å². The van der Waals surface area contributed by atoms with Gasteiger partial charge in [0.2, 0.25) is 4.96 Å². The van der Waals surface area contributed by atoms with Gasteiger partial charge in [-0.05, 0) is 18.2 Å². The first-order chi connectivity index (χ1) is 10.1. The zero-order valence-electron chi connectivity index (χ0n) is 10.8. The summed E-state index contributed by atoms with van der Waals surface area (Å²) < 4.78 is 33.4. The number of nitriles is 1. The van der Waals surface area contributed by atoms with Crippen molar-refractivity contribution in [2.24, 2.45) is 0 Å². The third-order valence-electron chi connectivity index (χ3n) is 2.80. The Kier molecular flexibility index (Phi) is 3.37. The smallest absolute Gasteiger partial charge is 0.214 e. The normalized spacial score (nSPS) is 11.0. The van der Waals surface area contributed by atoms with Gasteiger partial charge in [0.25, 0.3) is 0 Å². The van der Waals surface area contributed by atoms with Gasteiger partial charge >= 0.3 is 0 Å². The van der Waals surface area contributed by atoms with E-state index in [1.165, 1.54) is 23.0 Å². The summed E-state index contributed by atoms with van der Waals surface area (Å²) in [6.07, 6.45) is 0. The van der Waals surface area contributed by atoms with E-state index in [0.29, 0.717) is 16.6 Å². The lowest BCUT2D eigenvalue weighted by Crippen LogP contribution is -1.95. The van der Waals surface area contributed by atoms with Crippen molar-refractivity contribution in [2.45, 2.75) is 6.61 Å². The summed E-state index contributed by atoms with van der Waals surface area (Å²) >= 11 is 1.23. The number of rotatable bonds is 3. The van der Waals surface area contributed by atoms with E-state index in [-0.39, 0.29) is 17.0 Å². The topological polar surface area (TPSA) is 63.2 Å². The number of nitrogens with zero attached hydrogens (tertiary/aromatic N) is 4. The summed E-state index contributed by atoms with van der Waals surface area (Å²) in [5, 5.41) is 14.1. The van der Waals surface area contributed by atoms with Crippen LogP contribution in [0.1, 0.15) is 10.7 Å². The minimum Gasteiger partial charge on any atom is -0.377 e. The molecule has 0 radical (unpaired) electrons. The fourth-order valence-corrected chi connectivity index (χ4v) is 2.80. The van der Waals surface area contributed by atoms with Crippen molar-refractivity contribution in [2.75, 3.05) is 7.11 Å². The maximum Gasteiger partial charge on any atom is 0.214 e. The number of aromatic nitrogens is 3. The monoisotopic (exact) mass is 306 g/mol. The molecule has 3 rings (SSSR count). The third kappa shape index (κ3) is 2.26. The highest BCUT2D eigenvalue weighted by Crippen LogP contribution is 2.29. The van der Waals surface area contributed by atoms with E-state index >= 15 is 0 Å². The third-order valence-corrected chi connectivity index (χ3v) is 3.68. The summed E-state index contributed by atoms with van der Waals surface area (Å²) in [6, 6.07) is 4.96. The number of hydrogen-bond acceptors (Lipinski definition) is 5. The summed E-state index contributed by atoms with van der Waals surface area (Å²) in [5.41, 5.74) is 0.0860. The molecule has 0 amide bonds. The minimum atomic E-state index is -0.643. The van der Waals surface area contributed by atoms with Gasteiger partial charge in [-0.2, -0.15) is 14.9 Å². The van der Waals surface area contributed by atoms with Gasteiger partial charge in [-0.1, -0.05) is 11.3 Å². The Morgan fingerprint density at radius 1 is 1.43 bits per heavy atom. The molecular formula is C13H8F2N4OS. The van der Waals surface area contributed by atoms with Crippen molar-refractivity contribution >= 4 is 16.3 Å². The van der Waals surface area contributed by atoms with Crippen molar-refractivity contribution in [1.29, 1.82) is 5.26 Å². The van der Waals surface area contributed by atoms with Gasteiger partial charge in [0.1, 0.15) is 28.4 Å². The molecule has 0 saturated carbocycles. The Bertz CT molecular complexity index is 865. The van der Waals surface area contributed by atoms with Crippen molar-refractivity contribution in [3.8, 4) is 17.3 Å². The number of ether oxygens (including phenoxy) is 1. The molecular weight excluding hydrogens is 298 g/mol. The lowest BCUT2D eigenvalue weighted by molar-refractivity contribution is 0.183. The van der Waals surface area contributed by atoms with Crippen LogP contribution in [0, 0.1) is 23.0 Å². The van der Waals surface area contributed by atoms with Crippen molar-refractivity contribution in [3.05, 3.63) is 40.5 Å². The number of imidazole rings is 1. The van der Waals surface area contributed by atoms with Crippen LogP contribution in [-0.4, -0.2) is 21.7 Å². The van der Waals surface area contributed by atoms with Crippen LogP contribution in [0.25, 0.3) is 16.2 Å². The molecule has 21 heavy (non-hydrogen) atoms. The lowest BCUT2D eigenvalue weighted by Gasteiger charge is -2.00. The molecule has 2 heterocycles. The van der Waals surface area contributed by atoms with E-state index in [9.17, 15) is 14.0 Å². The number of hydrogen-bond donors (Lipinski definition) is 0. The van der Waals surface area contributed by atoms with E-state index in [0.717, 1.165) is 18.2 Å². The van der Waals surface area contributed by atoms with Gasteiger partial charge in [0, 0.05) is 12.7 Å². The molecule has 8 heteroatoms. The van der Waals surface area contributed by atoms with Crippen LogP contribution in [-0.2, 0) is 11.3 Å². The fourth-order valence-electron chi connectivity index (χ4n) is 1.94. The molecule has 5 nitrogen and oxygen atoms in total. The van der Waals surface area contributed by atoms with Gasteiger partial charge < -0.3 is 4.74 Å². The number of fused-ring (bicyclic) bond motifs is 1. The van der Waals surface area contributed by atoms with Gasteiger partial charge in [0.05, 0.1) is 6.61 Å². The second-order valence-electron chi connectivity index (χ2n) is 4.17. The largest absolute Gasteiger partial charge is 0.377 e. The molecule has 0 saturated heterocycles. The van der Waals surface area contributed by atoms with Crippen LogP contribution >= 0.6 is 11.3 Å². The fraction of sp³-hybridized carbons (Fsp3) is 0.154. The lowest BCUT2D eigenvalue weighted by atomic mass is 10.1. The molecule has 1 aromatic carbocycles. The number of benzene rings is 1. The molecule has 3 aromatic rings. The van der Waals surface area contributed by atoms with Crippen LogP contribution in [0.5, 0.6) is 0 Å². The summed E-state index contributed by atoms with van der Waals surface area (Å²) in [7, 11) is 1.53. The maximum atomic E-state index is 13.8. The van der Waals surface area contributed by atoms with E-state index in [1.54, 1.807) is 0 Å². The Morgan fingerprint density at radius 3 is 2.95 bits per heavy atom. The Morgan fingerprint density at radius 2 is 2.24 bits per heavy atom. The predicted octanol–water partition coefficient (Wildman–Crippen LogP) is 2.75. The molecule has 0 spiro atoms. The molecule has 0 atom stereocenters. The highest BCUT2D eigenvalue weighted by atomic mass is 32.1. The van der Waals surface area contributed by atoms with E-state index < -0.39 is 11.6 Å². The SMILES string of the molecule is COCc1nn2c(C#N)c(-c3cc(F)ccc3F)nc2s1. The van der Waals surface area contributed by atoms with Crippen LogP contribution < -0.4 is 0 Å². The zero-order valence-corrected chi connectivity index (χ0v) is 11.6. The maximum absolute atomic E-state index is 13.8. The molecule has 106 valence electrons. The summed E-state index contributed by atoms with van der Waals surface area (Å²) in [4.78, 5) is 4.62. The first-order valence-electron chi connectivity index (χ1n) is 5.87. The van der Waals surface area contributed by atoms with Crippen LogP contribution in [0.2, 0.25) is 0 Å². The molecule has 2 aromatic heterocycles. The molecule has 0 bridgehead atoms. The zero-order chi connectivity index (χ0) is 15.0. The van der Waals surface area contributed by atoms with Gasteiger partial charge in [-0.15, -0.1) is 0 Å². The van der Waals surface area contributed by atoms with Crippen LogP contribution in [0.4, 0.5) is 8.78 Å². The van der Waals surface area contributed by atoms with Gasteiger partial charge in [-0.3, -0.25) is 0 Å². The van der Waals surface area contributed by atoms with Gasteiger partial charge in [0.15, 0.2) is 5.69 Å². The molecule has 0 unspecified atom stereocenters. The van der Waals surface area contributed by atoms with Gasteiger partial charge in [-0.25, -0.2) is 13.8 Å². The quantitative estimate of drug-likeness (QED) is 0.746. The van der Waals surface area contributed by atoms with Crippen molar-refractivity contribution < 1.29 is 13.5 Å². The Balaban J connectivity index is 2.21. The number of halogens is 2. The van der Waals surface area contributed by atoms with E-state index in [1.807, 2.05) is 6.07 Å². The van der Waals surface area contributed by atoms with Crippen molar-refractivity contribution in [1.82, 2.24) is 14.6 Å². The predicted molar refractivity (Wildman–Crippen MR) is 71.6 cm³/mol. The van der Waals surface area contributed by atoms with Crippen LogP contribution in [0.15, 0.2) is 18.2 Å². The molecule has 0 N–H and O–H groups in total. The highest BCUT2D eigenvalue weighted by molar-refractivity contribution is 7.16. The van der Waals surface area contributed by atoms with Crippen molar-refractivity contribution in [3.63, 3.8) is 0 Å². The summed E-state index contributed by atoms with van der Waals surface area (Å²) in [6.45, 7) is 0.294. The number of methoxy groups -OCH3 is 1. The second-order valence-corrected chi connectivity index (χ2v) is 5.21. The molecule has 0 aliphatic heterocycles. The Hall–Kier alpha value is -2.37. The Labute approximate surface area is 122 Å². The van der Waals surface area contributed by atoms with Crippen LogP contribution in [0.3, 0.4) is 0 Å². The average Bonchev–Trinajstić information content (AvgIpc) is 2.98. The first-order valence-corrected chi connectivity index (χ1v) is 6.68. The molecule has 0 fully saturated rings. The minimum absolute atomic E-state index is 0.0578. The van der Waals surface area contributed by atoms with E-state index in [2.05, 4.69) is 10.1 Å². The summed E-state index contributed by atoms with van der Waals surface area (Å²) in [5.74, 6) is -1.24.